The Morgan fingerprint density at radius 3 is 2.52 bits per heavy atom. The first-order valence-corrected chi connectivity index (χ1v) is 10.8. The fourth-order valence-electron chi connectivity index (χ4n) is 2.99. The third-order valence-electron chi connectivity index (χ3n) is 4.80. The van der Waals surface area contributed by atoms with Gasteiger partial charge in [-0.3, -0.25) is 19.7 Å². The van der Waals surface area contributed by atoms with Gasteiger partial charge in [0.1, 0.15) is 11.8 Å². The number of methoxy groups -OCH3 is 1. The van der Waals surface area contributed by atoms with E-state index in [9.17, 15) is 19.7 Å². The fraction of sp³-hybridized carbons (Fsp3) is 0.391. The number of nitro groups is 1. The average Bonchev–Trinajstić information content (AvgIpc) is 2.78. The number of carbonyl (C=O) groups excluding carboxylic acids is 2. The number of rotatable bonds is 11. The Kier molecular flexibility index (Phi) is 9.47. The topological polar surface area (TPSA) is 111 Å². The van der Waals surface area contributed by atoms with Crippen LogP contribution in [0, 0.1) is 16.0 Å². The largest absolute Gasteiger partial charge is 0.490 e. The lowest BCUT2D eigenvalue weighted by atomic mass is 10.1. The molecule has 10 heteroatoms. The summed E-state index contributed by atoms with van der Waals surface area (Å²) in [7, 11) is 1.31. The number of halogens is 1. The molecule has 0 aromatic heterocycles. The van der Waals surface area contributed by atoms with Crippen LogP contribution >= 0.6 is 11.6 Å². The first-order chi connectivity index (χ1) is 15.6. The molecule has 178 valence electrons. The predicted molar refractivity (Wildman–Crippen MR) is 124 cm³/mol. The predicted octanol–water partition coefficient (Wildman–Crippen LogP) is 3.83. The number of nitro benzene ring substituents is 1. The summed E-state index contributed by atoms with van der Waals surface area (Å²) in [5.74, 6) is -0.207. The highest BCUT2D eigenvalue weighted by Crippen LogP contribution is 2.30. The molecular formula is C23H28ClN3O6. The Balaban J connectivity index is 2.18. The Morgan fingerprint density at radius 2 is 1.91 bits per heavy atom. The van der Waals surface area contributed by atoms with Gasteiger partial charge in [-0.1, -0.05) is 37.6 Å². The van der Waals surface area contributed by atoms with Crippen molar-refractivity contribution in [2.45, 2.75) is 33.4 Å². The highest BCUT2D eigenvalue weighted by molar-refractivity contribution is 6.30. The zero-order valence-electron chi connectivity index (χ0n) is 19.0. The van der Waals surface area contributed by atoms with E-state index in [2.05, 4.69) is 5.32 Å². The van der Waals surface area contributed by atoms with E-state index in [-0.39, 0.29) is 42.2 Å². The minimum absolute atomic E-state index is 0.0159. The molecule has 0 aliphatic carbocycles. The standard InChI is InChI=1S/C23H28ClN3O6/c1-15(2)12-25-23(29)16(3)26(13-17-6-5-7-18(24)10-17)22(28)14-33-19-8-9-20(27(30)31)21(11-19)32-4/h5-11,15-16H,12-14H2,1-4H3,(H,25,29)/t16-/m0/s1. The van der Waals surface area contributed by atoms with Crippen LogP contribution in [0.1, 0.15) is 26.3 Å². The zero-order chi connectivity index (χ0) is 24.5. The molecule has 0 heterocycles. The van der Waals surface area contributed by atoms with E-state index in [4.69, 9.17) is 21.1 Å². The molecule has 0 spiro atoms. The molecule has 1 atom stereocenters. The van der Waals surface area contributed by atoms with E-state index in [1.807, 2.05) is 19.9 Å². The maximum absolute atomic E-state index is 13.1. The fourth-order valence-corrected chi connectivity index (χ4v) is 3.21. The van der Waals surface area contributed by atoms with Gasteiger partial charge in [-0.15, -0.1) is 0 Å². The second-order valence-electron chi connectivity index (χ2n) is 7.85. The van der Waals surface area contributed by atoms with Crippen LogP contribution < -0.4 is 14.8 Å². The molecule has 0 saturated heterocycles. The summed E-state index contributed by atoms with van der Waals surface area (Å²) < 4.78 is 10.6. The molecule has 33 heavy (non-hydrogen) atoms. The number of carbonyl (C=O) groups is 2. The first kappa shape index (κ1) is 25.9. The van der Waals surface area contributed by atoms with Crippen LogP contribution in [-0.4, -0.2) is 47.9 Å². The van der Waals surface area contributed by atoms with Gasteiger partial charge in [-0.25, -0.2) is 0 Å². The third kappa shape index (κ3) is 7.64. The lowest BCUT2D eigenvalue weighted by Gasteiger charge is -2.29. The zero-order valence-corrected chi connectivity index (χ0v) is 19.8. The van der Waals surface area contributed by atoms with E-state index in [1.165, 1.54) is 30.2 Å². The Bertz CT molecular complexity index is 998. The van der Waals surface area contributed by atoms with E-state index < -0.39 is 16.9 Å². The normalized spacial score (nSPS) is 11.6. The number of ether oxygens (including phenoxy) is 2. The van der Waals surface area contributed by atoms with Crippen molar-refractivity contribution >= 4 is 29.1 Å². The molecule has 9 nitrogen and oxygen atoms in total. The molecule has 2 aromatic carbocycles. The van der Waals surface area contributed by atoms with Crippen LogP contribution in [0.2, 0.25) is 5.02 Å². The van der Waals surface area contributed by atoms with Crippen molar-refractivity contribution in [1.82, 2.24) is 10.2 Å². The van der Waals surface area contributed by atoms with Gasteiger partial charge >= 0.3 is 5.69 Å². The maximum Gasteiger partial charge on any atom is 0.311 e. The SMILES string of the molecule is COc1cc(OCC(=O)N(Cc2cccc(Cl)c2)[C@@H](C)C(=O)NCC(C)C)ccc1[N+](=O)[O-]. The van der Waals surface area contributed by atoms with Crippen LogP contribution in [0.5, 0.6) is 11.5 Å². The summed E-state index contributed by atoms with van der Waals surface area (Å²) in [5.41, 5.74) is 0.547. The summed E-state index contributed by atoms with van der Waals surface area (Å²) in [6, 6.07) is 10.2. The average molecular weight is 478 g/mol. The van der Waals surface area contributed by atoms with Crippen LogP contribution in [0.3, 0.4) is 0 Å². The molecule has 2 aromatic rings. The number of nitrogens with one attached hydrogen (secondary N) is 1. The minimum Gasteiger partial charge on any atom is -0.490 e. The van der Waals surface area contributed by atoms with Crippen LogP contribution in [0.4, 0.5) is 5.69 Å². The molecule has 0 unspecified atom stereocenters. The number of hydrogen-bond donors (Lipinski definition) is 1. The van der Waals surface area contributed by atoms with Crippen molar-refractivity contribution in [2.75, 3.05) is 20.3 Å². The molecular weight excluding hydrogens is 450 g/mol. The molecule has 0 aliphatic rings. The van der Waals surface area contributed by atoms with Crippen molar-refractivity contribution in [3.8, 4) is 11.5 Å². The van der Waals surface area contributed by atoms with Gasteiger partial charge in [-0.2, -0.15) is 0 Å². The molecule has 1 N–H and O–H groups in total. The van der Waals surface area contributed by atoms with Crippen molar-refractivity contribution < 1.29 is 24.0 Å². The number of benzene rings is 2. The second-order valence-corrected chi connectivity index (χ2v) is 8.28. The number of nitrogens with zero attached hydrogens (tertiary/aromatic N) is 2. The third-order valence-corrected chi connectivity index (χ3v) is 5.04. The van der Waals surface area contributed by atoms with Crippen molar-refractivity contribution in [1.29, 1.82) is 0 Å². The molecule has 0 bridgehead atoms. The van der Waals surface area contributed by atoms with Crippen LogP contribution in [0.15, 0.2) is 42.5 Å². The maximum atomic E-state index is 13.1. The summed E-state index contributed by atoms with van der Waals surface area (Å²) in [5, 5.41) is 14.4. The number of hydrogen-bond acceptors (Lipinski definition) is 6. The quantitative estimate of drug-likeness (QED) is 0.389. The lowest BCUT2D eigenvalue weighted by molar-refractivity contribution is -0.385. The van der Waals surface area contributed by atoms with Gasteiger partial charge in [0.2, 0.25) is 11.7 Å². The lowest BCUT2D eigenvalue weighted by Crippen LogP contribution is -2.49. The monoisotopic (exact) mass is 477 g/mol. The Morgan fingerprint density at radius 1 is 1.18 bits per heavy atom. The van der Waals surface area contributed by atoms with Crippen molar-refractivity contribution in [3.63, 3.8) is 0 Å². The Labute approximate surface area is 197 Å². The van der Waals surface area contributed by atoms with Crippen molar-refractivity contribution in [3.05, 3.63) is 63.2 Å². The summed E-state index contributed by atoms with van der Waals surface area (Å²) in [6.45, 7) is 5.87. The van der Waals surface area contributed by atoms with E-state index in [0.29, 0.717) is 11.6 Å². The molecule has 0 radical (unpaired) electrons. The molecule has 2 rings (SSSR count). The molecule has 0 aliphatic heterocycles. The molecule has 2 amide bonds. The van der Waals surface area contributed by atoms with Gasteiger partial charge in [0.05, 0.1) is 12.0 Å². The summed E-state index contributed by atoms with van der Waals surface area (Å²) in [4.78, 5) is 37.6. The van der Waals surface area contributed by atoms with E-state index >= 15 is 0 Å². The van der Waals surface area contributed by atoms with Crippen LogP contribution in [0.25, 0.3) is 0 Å². The molecule has 0 saturated carbocycles. The highest BCUT2D eigenvalue weighted by Gasteiger charge is 2.27. The number of amides is 2. The second kappa shape index (κ2) is 12.1. The van der Waals surface area contributed by atoms with Crippen molar-refractivity contribution in [2.24, 2.45) is 5.92 Å². The van der Waals surface area contributed by atoms with E-state index in [1.54, 1.807) is 25.1 Å². The molecule has 0 fully saturated rings. The van der Waals surface area contributed by atoms with Gasteiger partial charge in [-0.05, 0) is 36.6 Å². The summed E-state index contributed by atoms with van der Waals surface area (Å²) >= 11 is 6.07. The van der Waals surface area contributed by atoms with Gasteiger partial charge < -0.3 is 19.7 Å². The van der Waals surface area contributed by atoms with Crippen LogP contribution in [-0.2, 0) is 16.1 Å². The van der Waals surface area contributed by atoms with Gasteiger partial charge in [0.15, 0.2) is 6.61 Å². The van der Waals surface area contributed by atoms with Gasteiger partial charge in [0, 0.05) is 30.2 Å². The Hall–Kier alpha value is -3.33. The minimum atomic E-state index is -0.759. The highest BCUT2D eigenvalue weighted by atomic mass is 35.5. The first-order valence-electron chi connectivity index (χ1n) is 10.4. The van der Waals surface area contributed by atoms with Gasteiger partial charge in [0.25, 0.3) is 5.91 Å². The summed E-state index contributed by atoms with van der Waals surface area (Å²) in [6.07, 6.45) is 0. The smallest absolute Gasteiger partial charge is 0.311 e. The van der Waals surface area contributed by atoms with E-state index in [0.717, 1.165) is 5.56 Å².